The molecular formula is C21H11F3N2O. The van der Waals surface area contributed by atoms with Crippen molar-refractivity contribution in [3.05, 3.63) is 77.9 Å². The zero-order valence-corrected chi connectivity index (χ0v) is 13.8. The number of hydrogen-bond acceptors (Lipinski definition) is 3. The lowest BCUT2D eigenvalue weighted by atomic mass is 9.99. The highest BCUT2D eigenvalue weighted by molar-refractivity contribution is 5.83. The van der Waals surface area contributed by atoms with Crippen LogP contribution in [0.4, 0.5) is 13.2 Å². The second-order valence-corrected chi connectivity index (χ2v) is 5.94. The summed E-state index contributed by atoms with van der Waals surface area (Å²) in [7, 11) is 0. The molecule has 6 heteroatoms. The maximum absolute atomic E-state index is 13.3. The van der Waals surface area contributed by atoms with Crippen LogP contribution in [0.3, 0.4) is 0 Å². The van der Waals surface area contributed by atoms with Crippen LogP contribution in [0.5, 0.6) is 0 Å². The number of alkyl halides is 3. The summed E-state index contributed by atoms with van der Waals surface area (Å²) in [6.07, 6.45) is -4.45. The fourth-order valence-electron chi connectivity index (χ4n) is 2.92. The van der Waals surface area contributed by atoms with E-state index >= 15 is 0 Å². The van der Waals surface area contributed by atoms with E-state index in [-0.39, 0.29) is 5.56 Å². The number of nitriles is 1. The number of hydrogen-bond donors (Lipinski definition) is 0. The Morgan fingerprint density at radius 1 is 0.889 bits per heavy atom. The Kier molecular flexibility index (Phi) is 3.93. The smallest absolute Gasteiger partial charge is 0.417 e. The normalized spacial score (nSPS) is 11.5. The number of aromatic nitrogens is 1. The molecule has 0 unspecified atom stereocenters. The fourth-order valence-corrected chi connectivity index (χ4v) is 2.92. The largest absolute Gasteiger partial charge is 0.436 e. The van der Waals surface area contributed by atoms with Crippen molar-refractivity contribution < 1.29 is 17.6 Å². The van der Waals surface area contributed by atoms with Gasteiger partial charge in [0, 0.05) is 5.56 Å². The summed E-state index contributed by atoms with van der Waals surface area (Å²) in [5, 5.41) is 9.01. The molecule has 0 amide bonds. The Morgan fingerprint density at radius 3 is 2.48 bits per heavy atom. The molecule has 0 bridgehead atoms. The molecule has 1 heterocycles. The van der Waals surface area contributed by atoms with E-state index in [1.807, 2.05) is 6.07 Å². The Hall–Kier alpha value is -3.59. The number of benzene rings is 3. The Labute approximate surface area is 152 Å². The minimum atomic E-state index is -4.45. The van der Waals surface area contributed by atoms with E-state index < -0.39 is 11.7 Å². The number of rotatable bonds is 2. The highest BCUT2D eigenvalue weighted by atomic mass is 19.4. The molecule has 0 N–H and O–H groups in total. The van der Waals surface area contributed by atoms with Crippen LogP contribution in [0.2, 0.25) is 0 Å². The number of halogens is 3. The number of fused-ring (bicyclic) bond motifs is 1. The van der Waals surface area contributed by atoms with Crippen LogP contribution in [0.15, 0.2) is 71.1 Å². The van der Waals surface area contributed by atoms with Crippen molar-refractivity contribution in [2.75, 3.05) is 0 Å². The van der Waals surface area contributed by atoms with Crippen molar-refractivity contribution in [2.24, 2.45) is 0 Å². The van der Waals surface area contributed by atoms with E-state index in [0.29, 0.717) is 33.7 Å². The fraction of sp³-hybridized carbons (Fsp3) is 0.0476. The van der Waals surface area contributed by atoms with Gasteiger partial charge in [-0.1, -0.05) is 30.3 Å². The quantitative estimate of drug-likeness (QED) is 0.435. The van der Waals surface area contributed by atoms with E-state index in [0.717, 1.165) is 6.07 Å². The first-order valence-electron chi connectivity index (χ1n) is 8.03. The summed E-state index contributed by atoms with van der Waals surface area (Å²) in [5.74, 6) is 0.309. The van der Waals surface area contributed by atoms with E-state index in [2.05, 4.69) is 4.98 Å². The molecule has 132 valence electrons. The van der Waals surface area contributed by atoms with Gasteiger partial charge in [0.15, 0.2) is 5.58 Å². The van der Waals surface area contributed by atoms with Crippen molar-refractivity contribution in [1.29, 1.82) is 5.26 Å². The topological polar surface area (TPSA) is 49.8 Å². The van der Waals surface area contributed by atoms with Gasteiger partial charge in [0.2, 0.25) is 5.89 Å². The summed E-state index contributed by atoms with van der Waals surface area (Å²) in [5.41, 5.74) is 1.77. The van der Waals surface area contributed by atoms with Gasteiger partial charge in [-0.25, -0.2) is 4.98 Å². The van der Waals surface area contributed by atoms with Gasteiger partial charge in [0.25, 0.3) is 0 Å². The van der Waals surface area contributed by atoms with Crippen molar-refractivity contribution in [1.82, 2.24) is 4.98 Å². The Morgan fingerprint density at radius 2 is 1.70 bits per heavy atom. The summed E-state index contributed by atoms with van der Waals surface area (Å²) >= 11 is 0. The van der Waals surface area contributed by atoms with Gasteiger partial charge in [-0.3, -0.25) is 0 Å². The van der Waals surface area contributed by atoms with E-state index in [9.17, 15) is 13.2 Å². The zero-order chi connectivity index (χ0) is 19.0. The molecule has 3 aromatic carbocycles. The van der Waals surface area contributed by atoms with Crippen LogP contribution < -0.4 is 0 Å². The predicted octanol–water partition coefficient (Wildman–Crippen LogP) is 6.05. The van der Waals surface area contributed by atoms with Crippen LogP contribution in [0.1, 0.15) is 11.1 Å². The van der Waals surface area contributed by atoms with Crippen molar-refractivity contribution in [3.63, 3.8) is 0 Å². The molecule has 0 radical (unpaired) electrons. The van der Waals surface area contributed by atoms with Crippen LogP contribution >= 0.6 is 0 Å². The molecule has 0 saturated carbocycles. The second-order valence-electron chi connectivity index (χ2n) is 5.94. The van der Waals surface area contributed by atoms with E-state index in [1.165, 1.54) is 12.1 Å². The van der Waals surface area contributed by atoms with Crippen LogP contribution in [-0.4, -0.2) is 4.98 Å². The van der Waals surface area contributed by atoms with Crippen LogP contribution in [-0.2, 0) is 6.18 Å². The van der Waals surface area contributed by atoms with Crippen molar-refractivity contribution >= 4 is 11.1 Å². The van der Waals surface area contributed by atoms with Gasteiger partial charge < -0.3 is 4.42 Å². The Balaban J connectivity index is 1.82. The van der Waals surface area contributed by atoms with Gasteiger partial charge in [-0.15, -0.1) is 0 Å². The summed E-state index contributed by atoms with van der Waals surface area (Å²) in [6.45, 7) is 0. The van der Waals surface area contributed by atoms with Gasteiger partial charge in [-0.2, -0.15) is 18.4 Å². The van der Waals surface area contributed by atoms with Gasteiger partial charge >= 0.3 is 6.18 Å². The lowest BCUT2D eigenvalue weighted by Crippen LogP contribution is -2.06. The third-order valence-electron chi connectivity index (χ3n) is 4.17. The lowest BCUT2D eigenvalue weighted by Gasteiger charge is -2.12. The molecule has 4 rings (SSSR count). The predicted molar refractivity (Wildman–Crippen MR) is 94.6 cm³/mol. The zero-order valence-electron chi connectivity index (χ0n) is 13.8. The van der Waals surface area contributed by atoms with Gasteiger partial charge in [0.05, 0.1) is 17.2 Å². The third kappa shape index (κ3) is 3.15. The lowest BCUT2D eigenvalue weighted by molar-refractivity contribution is -0.137. The Bertz CT molecular complexity index is 1190. The number of oxazole rings is 1. The van der Waals surface area contributed by atoms with E-state index in [4.69, 9.17) is 9.68 Å². The van der Waals surface area contributed by atoms with Crippen LogP contribution in [0, 0.1) is 11.3 Å². The minimum absolute atomic E-state index is 0.0799. The molecule has 0 atom stereocenters. The summed E-state index contributed by atoms with van der Waals surface area (Å²) in [4.78, 5) is 4.37. The molecule has 0 spiro atoms. The second kappa shape index (κ2) is 6.29. The molecule has 0 aliphatic carbocycles. The standard InChI is InChI=1S/C21H11F3N2O/c22-21(23,24)17-7-2-1-6-16(17)14-8-9-18-19(11-14)27-20(26-18)15-5-3-4-13(10-15)12-25/h1-11H. The van der Waals surface area contributed by atoms with Gasteiger partial charge in [0.1, 0.15) is 5.52 Å². The molecule has 0 saturated heterocycles. The molecule has 0 aliphatic heterocycles. The van der Waals surface area contributed by atoms with Crippen molar-refractivity contribution in [3.8, 4) is 28.7 Å². The maximum atomic E-state index is 13.3. The molecule has 0 fully saturated rings. The third-order valence-corrected chi connectivity index (χ3v) is 4.17. The van der Waals surface area contributed by atoms with Crippen molar-refractivity contribution in [2.45, 2.75) is 6.18 Å². The average Bonchev–Trinajstić information content (AvgIpc) is 3.11. The maximum Gasteiger partial charge on any atom is 0.417 e. The molecule has 4 aromatic rings. The molecular weight excluding hydrogens is 353 g/mol. The highest BCUT2D eigenvalue weighted by Gasteiger charge is 2.33. The molecule has 1 aromatic heterocycles. The molecule has 27 heavy (non-hydrogen) atoms. The highest BCUT2D eigenvalue weighted by Crippen LogP contribution is 2.38. The first-order valence-corrected chi connectivity index (χ1v) is 8.03. The summed E-state index contributed by atoms with van der Waals surface area (Å²) < 4.78 is 45.6. The number of nitrogens with zero attached hydrogens (tertiary/aromatic N) is 2. The average molecular weight is 364 g/mol. The van der Waals surface area contributed by atoms with Gasteiger partial charge in [-0.05, 0) is 47.5 Å². The first-order chi connectivity index (χ1) is 13.0. The summed E-state index contributed by atoms with van der Waals surface area (Å²) in [6, 6.07) is 19.0. The van der Waals surface area contributed by atoms with E-state index in [1.54, 1.807) is 48.5 Å². The minimum Gasteiger partial charge on any atom is -0.436 e. The van der Waals surface area contributed by atoms with Crippen LogP contribution in [0.25, 0.3) is 33.7 Å². The SMILES string of the molecule is N#Cc1cccc(-c2nc3ccc(-c4ccccc4C(F)(F)F)cc3o2)c1. The molecule has 3 nitrogen and oxygen atoms in total. The monoisotopic (exact) mass is 364 g/mol. The molecule has 0 aliphatic rings. The first kappa shape index (κ1) is 16.9.